The summed E-state index contributed by atoms with van der Waals surface area (Å²) in [5.41, 5.74) is 13.4. The van der Waals surface area contributed by atoms with E-state index in [2.05, 4.69) is 150 Å². The lowest BCUT2D eigenvalue weighted by atomic mass is 9.96. The number of nitrogens with zero attached hydrogens (tertiary/aromatic N) is 4. The maximum Gasteiger partial charge on any atom is 0.164 e. The summed E-state index contributed by atoms with van der Waals surface area (Å²) < 4.78 is 2.43. The molecular weight excluding hydrogens is 669 g/mol. The van der Waals surface area contributed by atoms with Crippen LogP contribution in [0.25, 0.3) is 95.0 Å². The lowest BCUT2D eigenvalue weighted by molar-refractivity contribution is 1.07. The topological polar surface area (TPSA) is 43.6 Å². The van der Waals surface area contributed by atoms with E-state index in [1.54, 1.807) is 0 Å². The van der Waals surface area contributed by atoms with Gasteiger partial charge in [0.1, 0.15) is 0 Å². The minimum Gasteiger partial charge on any atom is -0.309 e. The number of rotatable bonds is 7. The van der Waals surface area contributed by atoms with Gasteiger partial charge in [0.2, 0.25) is 0 Å². The molecule has 2 aromatic heterocycles. The van der Waals surface area contributed by atoms with Crippen molar-refractivity contribution in [1.29, 1.82) is 0 Å². The number of fused-ring (bicyclic) bond motifs is 3. The average Bonchev–Trinajstić information content (AvgIpc) is 3.61. The van der Waals surface area contributed by atoms with Gasteiger partial charge in [-0.05, 0) is 52.1 Å². The standard InChI is InChI=1S/C51H34N4/c1-5-15-35(16-6-1)41-31-32-45-46-26-14-25-44(48(46)55(47(45)34-41)43-23-11-4-12-24-43)42-22-13-21-40(33-42)36-27-29-39(30-28-36)51-53-49(37-17-7-2-8-18-37)52-50(54-51)38-19-9-3-10-20-38/h1-34H. The van der Waals surface area contributed by atoms with Gasteiger partial charge in [-0.25, -0.2) is 15.0 Å². The van der Waals surface area contributed by atoms with Crippen LogP contribution in [0.2, 0.25) is 0 Å². The predicted octanol–water partition coefficient (Wildman–Crippen LogP) is 13.0. The third kappa shape index (κ3) is 6.06. The predicted molar refractivity (Wildman–Crippen MR) is 227 cm³/mol. The second kappa shape index (κ2) is 13.8. The fraction of sp³-hybridized carbons (Fsp3) is 0. The molecule has 0 spiro atoms. The van der Waals surface area contributed by atoms with Crippen molar-refractivity contribution in [2.45, 2.75) is 0 Å². The zero-order valence-electron chi connectivity index (χ0n) is 29.9. The van der Waals surface area contributed by atoms with Gasteiger partial charge in [-0.3, -0.25) is 0 Å². The average molecular weight is 703 g/mol. The molecule has 0 bridgehead atoms. The summed E-state index contributed by atoms with van der Waals surface area (Å²) >= 11 is 0. The van der Waals surface area contributed by atoms with Crippen LogP contribution in [0, 0.1) is 0 Å². The Balaban J connectivity index is 1.07. The SMILES string of the molecule is c1ccc(-c2ccc3c4cccc(-c5cccc(-c6ccc(-c7nc(-c8ccccc8)nc(-c8ccccc8)n7)cc6)c5)c4n(-c4ccccc4)c3c2)cc1. The van der Waals surface area contributed by atoms with Gasteiger partial charge in [-0.15, -0.1) is 0 Å². The molecule has 258 valence electrons. The molecule has 55 heavy (non-hydrogen) atoms. The summed E-state index contributed by atoms with van der Waals surface area (Å²) in [5, 5.41) is 2.46. The molecule has 0 atom stereocenters. The van der Waals surface area contributed by atoms with Crippen LogP contribution >= 0.6 is 0 Å². The van der Waals surface area contributed by atoms with Crippen LogP contribution in [0.3, 0.4) is 0 Å². The Bertz CT molecular complexity index is 2880. The van der Waals surface area contributed by atoms with Gasteiger partial charge in [-0.1, -0.05) is 182 Å². The maximum atomic E-state index is 4.93. The first-order chi connectivity index (χ1) is 27.3. The summed E-state index contributed by atoms with van der Waals surface area (Å²) in [7, 11) is 0. The van der Waals surface area contributed by atoms with E-state index in [0.29, 0.717) is 17.5 Å². The third-order valence-electron chi connectivity index (χ3n) is 10.3. The molecular formula is C51H34N4. The molecule has 0 aliphatic carbocycles. The molecule has 0 amide bonds. The van der Waals surface area contributed by atoms with Gasteiger partial charge < -0.3 is 4.57 Å². The molecule has 10 rings (SSSR count). The highest BCUT2D eigenvalue weighted by Crippen LogP contribution is 2.40. The Hall–Kier alpha value is -7.43. The van der Waals surface area contributed by atoms with Gasteiger partial charge in [0.05, 0.1) is 11.0 Å². The fourth-order valence-electron chi connectivity index (χ4n) is 7.57. The summed E-state index contributed by atoms with van der Waals surface area (Å²) in [6, 6.07) is 72.4. The van der Waals surface area contributed by atoms with Crippen LogP contribution in [0.15, 0.2) is 206 Å². The fourth-order valence-corrected chi connectivity index (χ4v) is 7.57. The second-order valence-electron chi connectivity index (χ2n) is 13.7. The number of benzene rings is 8. The minimum atomic E-state index is 0.642. The highest BCUT2D eigenvalue weighted by Gasteiger charge is 2.18. The van der Waals surface area contributed by atoms with E-state index < -0.39 is 0 Å². The van der Waals surface area contributed by atoms with Crippen molar-refractivity contribution in [3.63, 3.8) is 0 Å². The van der Waals surface area contributed by atoms with Crippen LogP contribution < -0.4 is 0 Å². The number of para-hydroxylation sites is 2. The molecule has 0 N–H and O–H groups in total. The molecule has 0 saturated heterocycles. The van der Waals surface area contributed by atoms with Crippen molar-refractivity contribution in [2.75, 3.05) is 0 Å². The van der Waals surface area contributed by atoms with Gasteiger partial charge >= 0.3 is 0 Å². The highest BCUT2D eigenvalue weighted by atomic mass is 15.0. The van der Waals surface area contributed by atoms with E-state index in [4.69, 9.17) is 15.0 Å². The summed E-state index contributed by atoms with van der Waals surface area (Å²) in [6.45, 7) is 0. The van der Waals surface area contributed by atoms with Crippen LogP contribution in [0.5, 0.6) is 0 Å². The van der Waals surface area contributed by atoms with Gasteiger partial charge in [0, 0.05) is 38.7 Å². The largest absolute Gasteiger partial charge is 0.309 e. The Morgan fingerprint density at radius 2 is 0.727 bits per heavy atom. The number of aromatic nitrogens is 4. The van der Waals surface area contributed by atoms with E-state index in [0.717, 1.165) is 39.1 Å². The smallest absolute Gasteiger partial charge is 0.164 e. The van der Waals surface area contributed by atoms with E-state index in [-0.39, 0.29) is 0 Å². The van der Waals surface area contributed by atoms with Crippen molar-refractivity contribution in [2.24, 2.45) is 0 Å². The minimum absolute atomic E-state index is 0.642. The molecule has 4 heteroatoms. The number of hydrogen-bond donors (Lipinski definition) is 0. The zero-order valence-corrected chi connectivity index (χ0v) is 29.9. The molecule has 0 fully saturated rings. The van der Waals surface area contributed by atoms with E-state index in [9.17, 15) is 0 Å². The molecule has 2 heterocycles. The summed E-state index contributed by atoms with van der Waals surface area (Å²) in [4.78, 5) is 14.7. The van der Waals surface area contributed by atoms with Gasteiger partial charge in [0.15, 0.2) is 17.5 Å². The molecule has 0 unspecified atom stereocenters. The molecule has 0 aliphatic rings. The number of hydrogen-bond acceptors (Lipinski definition) is 3. The van der Waals surface area contributed by atoms with Crippen molar-refractivity contribution < 1.29 is 0 Å². The van der Waals surface area contributed by atoms with Crippen molar-refractivity contribution in [3.05, 3.63) is 206 Å². The maximum absolute atomic E-state index is 4.93. The quantitative estimate of drug-likeness (QED) is 0.166. The normalized spacial score (nSPS) is 11.3. The van der Waals surface area contributed by atoms with E-state index in [1.807, 2.05) is 60.7 Å². The zero-order chi connectivity index (χ0) is 36.6. The van der Waals surface area contributed by atoms with Crippen LogP contribution in [0.4, 0.5) is 0 Å². The van der Waals surface area contributed by atoms with Crippen molar-refractivity contribution >= 4 is 21.8 Å². The Labute approximate surface area is 319 Å². The molecule has 0 aliphatic heterocycles. The molecule has 10 aromatic rings. The van der Waals surface area contributed by atoms with E-state index >= 15 is 0 Å². The van der Waals surface area contributed by atoms with Crippen LogP contribution in [0.1, 0.15) is 0 Å². The van der Waals surface area contributed by atoms with Gasteiger partial charge in [0.25, 0.3) is 0 Å². The lowest BCUT2D eigenvalue weighted by Crippen LogP contribution is -2.00. The summed E-state index contributed by atoms with van der Waals surface area (Å²) in [6.07, 6.45) is 0. The Morgan fingerprint density at radius 1 is 0.291 bits per heavy atom. The Kier molecular flexibility index (Phi) is 8.12. The molecule has 0 saturated carbocycles. The third-order valence-corrected chi connectivity index (χ3v) is 10.3. The first-order valence-electron chi connectivity index (χ1n) is 18.5. The highest BCUT2D eigenvalue weighted by molar-refractivity contribution is 6.14. The first-order valence-corrected chi connectivity index (χ1v) is 18.5. The first kappa shape index (κ1) is 32.2. The molecule has 0 radical (unpaired) electrons. The molecule has 4 nitrogen and oxygen atoms in total. The van der Waals surface area contributed by atoms with E-state index in [1.165, 1.54) is 38.5 Å². The monoisotopic (exact) mass is 702 g/mol. The van der Waals surface area contributed by atoms with Crippen molar-refractivity contribution in [3.8, 4) is 73.2 Å². The lowest BCUT2D eigenvalue weighted by Gasteiger charge is -2.13. The van der Waals surface area contributed by atoms with Crippen LogP contribution in [-0.4, -0.2) is 19.5 Å². The second-order valence-corrected chi connectivity index (χ2v) is 13.7. The summed E-state index contributed by atoms with van der Waals surface area (Å²) in [5.74, 6) is 1.95. The van der Waals surface area contributed by atoms with Crippen molar-refractivity contribution in [1.82, 2.24) is 19.5 Å². The molecule has 8 aromatic carbocycles. The van der Waals surface area contributed by atoms with Crippen LogP contribution in [-0.2, 0) is 0 Å². The van der Waals surface area contributed by atoms with Gasteiger partial charge in [-0.2, -0.15) is 0 Å². The Morgan fingerprint density at radius 3 is 1.35 bits per heavy atom.